The van der Waals surface area contributed by atoms with Gasteiger partial charge in [-0.1, -0.05) is 19.9 Å². The van der Waals surface area contributed by atoms with E-state index in [1.165, 1.54) is 0 Å². The summed E-state index contributed by atoms with van der Waals surface area (Å²) in [4.78, 5) is 36.0. The SMILES string of the molecule is CCCN(CCC)C(=O)c1nc(C(=O)NCc2ccncc2)n2ccccc12. The molecule has 0 saturated heterocycles. The smallest absolute Gasteiger partial charge is 0.287 e. The van der Waals surface area contributed by atoms with Crippen LogP contribution < -0.4 is 5.32 Å². The fourth-order valence-electron chi connectivity index (χ4n) is 3.12. The topological polar surface area (TPSA) is 79.6 Å². The first kappa shape index (κ1) is 19.5. The van der Waals surface area contributed by atoms with Gasteiger partial charge in [0.15, 0.2) is 5.69 Å². The first-order chi connectivity index (χ1) is 13.7. The monoisotopic (exact) mass is 379 g/mol. The molecule has 7 heteroatoms. The highest BCUT2D eigenvalue weighted by Crippen LogP contribution is 2.16. The lowest BCUT2D eigenvalue weighted by Crippen LogP contribution is -2.33. The van der Waals surface area contributed by atoms with Crippen molar-refractivity contribution in [3.8, 4) is 0 Å². The molecule has 0 aliphatic heterocycles. The normalized spacial score (nSPS) is 10.8. The number of imidazole rings is 1. The Morgan fingerprint density at radius 3 is 2.46 bits per heavy atom. The molecule has 146 valence electrons. The second-order valence-corrected chi connectivity index (χ2v) is 6.57. The maximum atomic E-state index is 13.1. The summed E-state index contributed by atoms with van der Waals surface area (Å²) in [5, 5.41) is 2.86. The zero-order chi connectivity index (χ0) is 19.9. The largest absolute Gasteiger partial charge is 0.345 e. The van der Waals surface area contributed by atoms with Crippen molar-refractivity contribution in [2.24, 2.45) is 0 Å². The third-order valence-corrected chi connectivity index (χ3v) is 4.43. The third-order valence-electron chi connectivity index (χ3n) is 4.43. The van der Waals surface area contributed by atoms with Crippen molar-refractivity contribution in [3.05, 3.63) is 66.0 Å². The number of aromatic nitrogens is 3. The minimum atomic E-state index is -0.324. The fourth-order valence-corrected chi connectivity index (χ4v) is 3.12. The number of hydrogen-bond acceptors (Lipinski definition) is 4. The zero-order valence-electron chi connectivity index (χ0n) is 16.3. The maximum Gasteiger partial charge on any atom is 0.287 e. The molecule has 3 heterocycles. The number of amides is 2. The Morgan fingerprint density at radius 2 is 1.79 bits per heavy atom. The maximum absolute atomic E-state index is 13.1. The van der Waals surface area contributed by atoms with Gasteiger partial charge in [0.05, 0.1) is 5.52 Å². The lowest BCUT2D eigenvalue weighted by Gasteiger charge is -2.20. The molecule has 3 aromatic rings. The van der Waals surface area contributed by atoms with E-state index < -0.39 is 0 Å². The van der Waals surface area contributed by atoms with Crippen molar-refractivity contribution in [3.63, 3.8) is 0 Å². The van der Waals surface area contributed by atoms with E-state index in [0.717, 1.165) is 18.4 Å². The summed E-state index contributed by atoms with van der Waals surface area (Å²) < 4.78 is 1.67. The number of nitrogens with one attached hydrogen (secondary N) is 1. The fraction of sp³-hybridized carbons (Fsp3) is 0.333. The highest BCUT2D eigenvalue weighted by molar-refractivity contribution is 6.02. The van der Waals surface area contributed by atoms with Crippen molar-refractivity contribution in [2.45, 2.75) is 33.2 Å². The van der Waals surface area contributed by atoms with Gasteiger partial charge in [0.25, 0.3) is 11.8 Å². The molecule has 3 aromatic heterocycles. The van der Waals surface area contributed by atoms with E-state index in [-0.39, 0.29) is 17.6 Å². The number of hydrogen-bond donors (Lipinski definition) is 1. The third kappa shape index (κ3) is 4.19. The summed E-state index contributed by atoms with van der Waals surface area (Å²) in [5.41, 5.74) is 1.90. The van der Waals surface area contributed by atoms with Crippen molar-refractivity contribution in [2.75, 3.05) is 13.1 Å². The van der Waals surface area contributed by atoms with Crippen LogP contribution in [0.3, 0.4) is 0 Å². The molecular weight excluding hydrogens is 354 g/mol. The molecule has 1 N–H and O–H groups in total. The lowest BCUT2D eigenvalue weighted by molar-refractivity contribution is 0.0752. The van der Waals surface area contributed by atoms with Gasteiger partial charge in [0.2, 0.25) is 5.82 Å². The summed E-state index contributed by atoms with van der Waals surface area (Å²) in [7, 11) is 0. The Kier molecular flexibility index (Phi) is 6.37. The number of carbonyl (C=O) groups is 2. The zero-order valence-corrected chi connectivity index (χ0v) is 16.3. The molecule has 0 fully saturated rings. The molecule has 0 unspecified atom stereocenters. The van der Waals surface area contributed by atoms with Crippen molar-refractivity contribution in [1.82, 2.24) is 24.6 Å². The summed E-state index contributed by atoms with van der Waals surface area (Å²) in [6, 6.07) is 9.16. The van der Waals surface area contributed by atoms with Crippen LogP contribution in [0.2, 0.25) is 0 Å². The molecular formula is C21H25N5O2. The molecule has 0 aromatic carbocycles. The van der Waals surface area contributed by atoms with Crippen LogP contribution in [0.4, 0.5) is 0 Å². The molecule has 28 heavy (non-hydrogen) atoms. The van der Waals surface area contributed by atoms with Gasteiger partial charge in [0, 0.05) is 38.2 Å². The lowest BCUT2D eigenvalue weighted by atomic mass is 10.2. The van der Waals surface area contributed by atoms with Gasteiger partial charge in [-0.2, -0.15) is 0 Å². The number of nitrogens with zero attached hydrogens (tertiary/aromatic N) is 4. The van der Waals surface area contributed by atoms with E-state index in [1.807, 2.05) is 44.2 Å². The van der Waals surface area contributed by atoms with Crippen LogP contribution in [0.25, 0.3) is 5.52 Å². The van der Waals surface area contributed by atoms with E-state index in [4.69, 9.17) is 0 Å². The van der Waals surface area contributed by atoms with Crippen LogP contribution >= 0.6 is 0 Å². The van der Waals surface area contributed by atoms with Gasteiger partial charge in [0.1, 0.15) is 0 Å². The highest BCUT2D eigenvalue weighted by atomic mass is 16.2. The number of fused-ring (bicyclic) bond motifs is 1. The van der Waals surface area contributed by atoms with Crippen LogP contribution in [0.5, 0.6) is 0 Å². The van der Waals surface area contributed by atoms with Gasteiger partial charge in [-0.3, -0.25) is 19.0 Å². The summed E-state index contributed by atoms with van der Waals surface area (Å²) >= 11 is 0. The summed E-state index contributed by atoms with van der Waals surface area (Å²) in [5.74, 6) is -0.254. The second kappa shape index (κ2) is 9.12. The van der Waals surface area contributed by atoms with Crippen molar-refractivity contribution >= 4 is 17.3 Å². The molecule has 0 saturated carbocycles. The van der Waals surface area contributed by atoms with Crippen molar-refractivity contribution in [1.29, 1.82) is 0 Å². The number of pyridine rings is 2. The average molecular weight is 379 g/mol. The van der Waals surface area contributed by atoms with Gasteiger partial charge < -0.3 is 10.2 Å². The van der Waals surface area contributed by atoms with Crippen LogP contribution in [0.1, 0.15) is 53.4 Å². The highest BCUT2D eigenvalue weighted by Gasteiger charge is 2.24. The number of carbonyl (C=O) groups excluding carboxylic acids is 2. The quantitative estimate of drug-likeness (QED) is 0.653. The molecule has 0 aliphatic carbocycles. The summed E-state index contributed by atoms with van der Waals surface area (Å²) in [6.45, 7) is 5.78. The Labute approximate surface area is 164 Å². The first-order valence-corrected chi connectivity index (χ1v) is 9.59. The summed E-state index contributed by atoms with van der Waals surface area (Å²) in [6.07, 6.45) is 6.86. The predicted octanol–water partition coefficient (Wildman–Crippen LogP) is 2.92. The Hall–Kier alpha value is -3.22. The van der Waals surface area contributed by atoms with Gasteiger partial charge in [-0.15, -0.1) is 0 Å². The van der Waals surface area contributed by atoms with E-state index in [1.54, 1.807) is 27.9 Å². The minimum absolute atomic E-state index is 0.138. The van der Waals surface area contributed by atoms with Crippen LogP contribution in [0, 0.1) is 0 Å². The molecule has 3 rings (SSSR count). The molecule has 0 aliphatic rings. The molecule has 0 spiro atoms. The Morgan fingerprint density at radius 1 is 1.07 bits per heavy atom. The first-order valence-electron chi connectivity index (χ1n) is 9.59. The van der Waals surface area contributed by atoms with Crippen LogP contribution in [-0.2, 0) is 6.54 Å². The van der Waals surface area contributed by atoms with Gasteiger partial charge >= 0.3 is 0 Å². The molecule has 7 nitrogen and oxygen atoms in total. The standard InChI is InChI=1S/C21H25N5O2/c1-3-12-25(13-4-2)21(28)18-17-7-5-6-14-26(17)19(24-18)20(27)23-15-16-8-10-22-11-9-16/h5-11,14H,3-4,12-13,15H2,1-2H3,(H,23,27). The second-order valence-electron chi connectivity index (χ2n) is 6.57. The average Bonchev–Trinajstić information content (AvgIpc) is 3.12. The number of rotatable bonds is 8. The van der Waals surface area contributed by atoms with Gasteiger partial charge in [-0.25, -0.2) is 4.98 Å². The van der Waals surface area contributed by atoms with Crippen LogP contribution in [0.15, 0.2) is 48.9 Å². The van der Waals surface area contributed by atoms with E-state index in [2.05, 4.69) is 15.3 Å². The Balaban J connectivity index is 1.89. The minimum Gasteiger partial charge on any atom is -0.345 e. The molecule has 0 radical (unpaired) electrons. The predicted molar refractivity (Wildman–Crippen MR) is 107 cm³/mol. The van der Waals surface area contributed by atoms with Gasteiger partial charge in [-0.05, 0) is 42.7 Å². The molecule has 0 atom stereocenters. The Bertz CT molecular complexity index is 946. The van der Waals surface area contributed by atoms with E-state index in [9.17, 15) is 9.59 Å². The van der Waals surface area contributed by atoms with E-state index in [0.29, 0.717) is 30.8 Å². The van der Waals surface area contributed by atoms with Crippen LogP contribution in [-0.4, -0.2) is 44.2 Å². The van der Waals surface area contributed by atoms with Crippen molar-refractivity contribution < 1.29 is 9.59 Å². The molecule has 0 bridgehead atoms. The van der Waals surface area contributed by atoms with E-state index >= 15 is 0 Å². The molecule has 2 amide bonds.